The summed E-state index contributed by atoms with van der Waals surface area (Å²) in [6.07, 6.45) is 4.86. The van der Waals surface area contributed by atoms with Crippen molar-refractivity contribution in [3.8, 4) is 5.75 Å². The molecule has 0 unspecified atom stereocenters. The molecule has 0 aliphatic carbocycles. The van der Waals surface area contributed by atoms with Crippen LogP contribution in [0.5, 0.6) is 5.75 Å². The highest BCUT2D eigenvalue weighted by molar-refractivity contribution is 5.94. The number of ether oxygens (including phenoxy) is 1. The van der Waals surface area contributed by atoms with Crippen LogP contribution in [0.2, 0.25) is 0 Å². The Morgan fingerprint density at radius 2 is 2.04 bits per heavy atom. The number of carbonyl (C=O) groups excluding carboxylic acids is 1. The lowest BCUT2D eigenvalue weighted by molar-refractivity contribution is 0.0953. The molecule has 2 aromatic heterocycles. The number of rotatable bonds is 6. The van der Waals surface area contributed by atoms with E-state index in [2.05, 4.69) is 10.3 Å². The van der Waals surface area contributed by atoms with Gasteiger partial charge in [0, 0.05) is 24.5 Å². The molecule has 5 nitrogen and oxygen atoms in total. The van der Waals surface area contributed by atoms with Gasteiger partial charge in [0.15, 0.2) is 0 Å². The smallest absolute Gasteiger partial charge is 0.251 e. The Hall–Kier alpha value is -2.82. The molecule has 1 amide bonds. The topological polar surface area (TPSA) is 55.6 Å². The molecular formula is C19H21N3O2. The van der Waals surface area contributed by atoms with E-state index in [-0.39, 0.29) is 5.91 Å². The lowest BCUT2D eigenvalue weighted by atomic mass is 10.2. The highest BCUT2D eigenvalue weighted by Crippen LogP contribution is 2.15. The summed E-state index contributed by atoms with van der Waals surface area (Å²) in [6.45, 7) is 5.14. The minimum atomic E-state index is -0.0563. The molecule has 3 rings (SSSR count). The van der Waals surface area contributed by atoms with Crippen LogP contribution in [0.15, 0.2) is 48.8 Å². The minimum Gasteiger partial charge on any atom is -0.487 e. The molecule has 1 N–H and O–H groups in total. The van der Waals surface area contributed by atoms with E-state index in [9.17, 15) is 4.79 Å². The summed E-state index contributed by atoms with van der Waals surface area (Å²) in [7, 11) is 0. The van der Waals surface area contributed by atoms with Crippen molar-refractivity contribution in [3.63, 3.8) is 0 Å². The maximum Gasteiger partial charge on any atom is 0.251 e. The zero-order valence-electron chi connectivity index (χ0n) is 14.0. The van der Waals surface area contributed by atoms with E-state index in [4.69, 9.17) is 4.74 Å². The Bertz CT molecular complexity index is 837. The number of hydrogen-bond donors (Lipinski definition) is 1. The van der Waals surface area contributed by atoms with Gasteiger partial charge in [-0.25, -0.2) is 4.98 Å². The third-order valence-corrected chi connectivity index (χ3v) is 3.77. The van der Waals surface area contributed by atoms with Gasteiger partial charge in [-0.05, 0) is 49.2 Å². The SMILES string of the molecule is CCCNC(=O)c1ccc(OCc2cn3cccc(C)c3n2)cc1. The molecule has 0 aliphatic heterocycles. The Morgan fingerprint density at radius 1 is 1.25 bits per heavy atom. The predicted molar refractivity (Wildman–Crippen MR) is 93.3 cm³/mol. The molecule has 0 radical (unpaired) electrons. The molecule has 0 saturated heterocycles. The van der Waals surface area contributed by atoms with Gasteiger partial charge < -0.3 is 14.5 Å². The number of hydrogen-bond acceptors (Lipinski definition) is 3. The normalized spacial score (nSPS) is 10.8. The Labute approximate surface area is 141 Å². The van der Waals surface area contributed by atoms with E-state index in [1.807, 2.05) is 54.9 Å². The summed E-state index contributed by atoms with van der Waals surface area (Å²) in [5.41, 5.74) is 3.58. The van der Waals surface area contributed by atoms with E-state index in [0.29, 0.717) is 18.7 Å². The Balaban J connectivity index is 1.63. The molecule has 0 atom stereocenters. The van der Waals surface area contributed by atoms with Crippen LogP contribution in [0.4, 0.5) is 0 Å². The van der Waals surface area contributed by atoms with Gasteiger partial charge in [-0.15, -0.1) is 0 Å². The first kappa shape index (κ1) is 16.1. The summed E-state index contributed by atoms with van der Waals surface area (Å²) in [5.74, 6) is 0.662. The fourth-order valence-corrected chi connectivity index (χ4v) is 2.47. The van der Waals surface area contributed by atoms with Crippen molar-refractivity contribution in [3.05, 3.63) is 65.6 Å². The molecule has 5 heteroatoms. The van der Waals surface area contributed by atoms with Crippen molar-refractivity contribution < 1.29 is 9.53 Å². The highest BCUT2D eigenvalue weighted by Gasteiger charge is 2.06. The minimum absolute atomic E-state index is 0.0563. The van der Waals surface area contributed by atoms with Gasteiger partial charge in [0.1, 0.15) is 18.0 Å². The monoisotopic (exact) mass is 323 g/mol. The third-order valence-electron chi connectivity index (χ3n) is 3.77. The summed E-state index contributed by atoms with van der Waals surface area (Å²) in [6, 6.07) is 11.2. The molecule has 24 heavy (non-hydrogen) atoms. The van der Waals surface area contributed by atoms with Gasteiger partial charge >= 0.3 is 0 Å². The summed E-state index contributed by atoms with van der Waals surface area (Å²) in [5, 5.41) is 2.85. The molecule has 2 heterocycles. The molecule has 0 bridgehead atoms. The van der Waals surface area contributed by atoms with Crippen LogP contribution in [0, 0.1) is 6.92 Å². The number of aryl methyl sites for hydroxylation is 1. The Morgan fingerprint density at radius 3 is 2.75 bits per heavy atom. The number of imidazole rings is 1. The lowest BCUT2D eigenvalue weighted by Crippen LogP contribution is -2.23. The number of amides is 1. The summed E-state index contributed by atoms with van der Waals surface area (Å²) in [4.78, 5) is 16.4. The van der Waals surface area contributed by atoms with Gasteiger partial charge in [-0.2, -0.15) is 0 Å². The van der Waals surface area contributed by atoms with Crippen LogP contribution in [-0.4, -0.2) is 21.8 Å². The fraction of sp³-hybridized carbons (Fsp3) is 0.263. The maximum atomic E-state index is 11.9. The second-order valence-corrected chi connectivity index (χ2v) is 5.72. The van der Waals surface area contributed by atoms with E-state index in [0.717, 1.165) is 29.1 Å². The first-order valence-corrected chi connectivity index (χ1v) is 8.11. The van der Waals surface area contributed by atoms with Crippen LogP contribution in [0.25, 0.3) is 5.65 Å². The number of nitrogens with zero attached hydrogens (tertiary/aromatic N) is 2. The van der Waals surface area contributed by atoms with Crippen molar-refractivity contribution >= 4 is 11.6 Å². The van der Waals surface area contributed by atoms with Gasteiger partial charge in [0.2, 0.25) is 0 Å². The second kappa shape index (κ2) is 7.17. The van der Waals surface area contributed by atoms with Crippen LogP contribution < -0.4 is 10.1 Å². The number of aromatic nitrogens is 2. The van der Waals surface area contributed by atoms with Crippen LogP contribution in [-0.2, 0) is 6.61 Å². The number of benzene rings is 1. The van der Waals surface area contributed by atoms with Crippen molar-refractivity contribution in [2.75, 3.05) is 6.54 Å². The van der Waals surface area contributed by atoms with Crippen molar-refractivity contribution in [1.29, 1.82) is 0 Å². The molecule has 0 fully saturated rings. The first-order valence-electron chi connectivity index (χ1n) is 8.11. The number of pyridine rings is 1. The maximum absolute atomic E-state index is 11.9. The molecule has 3 aromatic rings. The van der Waals surface area contributed by atoms with Gasteiger partial charge in [-0.3, -0.25) is 4.79 Å². The quantitative estimate of drug-likeness (QED) is 0.757. The average Bonchev–Trinajstić information content (AvgIpc) is 3.03. The second-order valence-electron chi connectivity index (χ2n) is 5.72. The zero-order valence-corrected chi connectivity index (χ0v) is 14.0. The average molecular weight is 323 g/mol. The van der Waals surface area contributed by atoms with Crippen LogP contribution >= 0.6 is 0 Å². The highest BCUT2D eigenvalue weighted by atomic mass is 16.5. The van der Waals surface area contributed by atoms with Gasteiger partial charge in [0.05, 0.1) is 5.69 Å². The van der Waals surface area contributed by atoms with E-state index >= 15 is 0 Å². The molecular weight excluding hydrogens is 302 g/mol. The summed E-state index contributed by atoms with van der Waals surface area (Å²) < 4.78 is 7.77. The predicted octanol–water partition coefficient (Wildman–Crippen LogP) is 3.36. The van der Waals surface area contributed by atoms with Crippen LogP contribution in [0.3, 0.4) is 0 Å². The molecule has 0 aliphatic rings. The van der Waals surface area contributed by atoms with Gasteiger partial charge in [-0.1, -0.05) is 13.0 Å². The fourth-order valence-electron chi connectivity index (χ4n) is 2.47. The first-order chi connectivity index (χ1) is 11.7. The van der Waals surface area contributed by atoms with Crippen LogP contribution in [0.1, 0.15) is 35.0 Å². The summed E-state index contributed by atoms with van der Waals surface area (Å²) >= 11 is 0. The van der Waals surface area contributed by atoms with E-state index in [1.165, 1.54) is 0 Å². The number of nitrogens with one attached hydrogen (secondary N) is 1. The molecule has 1 aromatic carbocycles. The lowest BCUT2D eigenvalue weighted by Gasteiger charge is -2.06. The standard InChI is InChI=1S/C19H21N3O2/c1-3-10-20-19(23)15-6-8-17(9-7-15)24-13-16-12-22-11-4-5-14(2)18(22)21-16/h4-9,11-12H,3,10,13H2,1-2H3,(H,20,23). The Kier molecular flexibility index (Phi) is 4.79. The van der Waals surface area contributed by atoms with Crippen molar-refractivity contribution in [2.24, 2.45) is 0 Å². The largest absolute Gasteiger partial charge is 0.487 e. The third kappa shape index (κ3) is 3.56. The number of carbonyl (C=O) groups is 1. The molecule has 0 saturated carbocycles. The van der Waals surface area contributed by atoms with Crippen molar-refractivity contribution in [1.82, 2.24) is 14.7 Å². The number of fused-ring (bicyclic) bond motifs is 1. The zero-order chi connectivity index (χ0) is 16.9. The van der Waals surface area contributed by atoms with Gasteiger partial charge in [0.25, 0.3) is 5.91 Å². The molecule has 0 spiro atoms. The van der Waals surface area contributed by atoms with E-state index in [1.54, 1.807) is 12.1 Å². The van der Waals surface area contributed by atoms with E-state index < -0.39 is 0 Å². The van der Waals surface area contributed by atoms with Crippen molar-refractivity contribution in [2.45, 2.75) is 26.9 Å². The molecule has 124 valence electrons.